The number of aliphatic carboxylic acids is 1. The predicted octanol–water partition coefficient (Wildman–Crippen LogP) is 3.31. The van der Waals surface area contributed by atoms with Crippen molar-refractivity contribution in [2.75, 3.05) is 0 Å². The molecule has 0 atom stereocenters. The molecular formula is C14H15NO2S. The lowest BCUT2D eigenvalue weighted by molar-refractivity contribution is -0.136. The average molecular weight is 261 g/mol. The molecule has 0 aliphatic heterocycles. The Morgan fingerprint density at radius 2 is 2.00 bits per heavy atom. The van der Waals surface area contributed by atoms with Crippen LogP contribution in [-0.4, -0.2) is 16.1 Å². The van der Waals surface area contributed by atoms with Gasteiger partial charge < -0.3 is 5.11 Å². The van der Waals surface area contributed by atoms with Crippen molar-refractivity contribution < 1.29 is 9.90 Å². The van der Waals surface area contributed by atoms with Crippen molar-refractivity contribution in [2.24, 2.45) is 0 Å². The van der Waals surface area contributed by atoms with E-state index in [9.17, 15) is 4.79 Å². The summed E-state index contributed by atoms with van der Waals surface area (Å²) >= 11 is 1.46. The Morgan fingerprint density at radius 1 is 1.33 bits per heavy atom. The van der Waals surface area contributed by atoms with Crippen LogP contribution in [0.2, 0.25) is 0 Å². The van der Waals surface area contributed by atoms with Gasteiger partial charge in [-0.2, -0.15) is 0 Å². The largest absolute Gasteiger partial charge is 0.481 e. The van der Waals surface area contributed by atoms with Gasteiger partial charge in [-0.1, -0.05) is 31.2 Å². The molecule has 18 heavy (non-hydrogen) atoms. The van der Waals surface area contributed by atoms with Gasteiger partial charge in [0.05, 0.1) is 12.1 Å². The molecule has 0 spiro atoms. The fourth-order valence-corrected chi connectivity index (χ4v) is 2.77. The van der Waals surface area contributed by atoms with Crippen LogP contribution in [0.1, 0.15) is 22.4 Å². The molecule has 0 radical (unpaired) electrons. The number of nitrogens with zero attached hydrogens (tertiary/aromatic N) is 1. The Morgan fingerprint density at radius 3 is 2.56 bits per heavy atom. The maximum Gasteiger partial charge on any atom is 0.310 e. The highest BCUT2D eigenvalue weighted by Gasteiger charge is 2.11. The number of carbonyl (C=O) groups is 1. The maximum atomic E-state index is 10.7. The normalized spacial score (nSPS) is 10.6. The topological polar surface area (TPSA) is 50.2 Å². The number of thiazole rings is 1. The first-order valence-electron chi connectivity index (χ1n) is 5.87. The molecule has 94 valence electrons. The summed E-state index contributed by atoms with van der Waals surface area (Å²) in [6.45, 7) is 4.10. The number of hydrogen-bond acceptors (Lipinski definition) is 3. The zero-order chi connectivity index (χ0) is 13.1. The van der Waals surface area contributed by atoms with Crippen LogP contribution < -0.4 is 0 Å². The number of hydrogen-bond donors (Lipinski definition) is 1. The van der Waals surface area contributed by atoms with E-state index in [2.05, 4.69) is 24.0 Å². The Labute approximate surface area is 110 Å². The molecule has 2 rings (SSSR count). The van der Waals surface area contributed by atoms with Gasteiger partial charge in [0, 0.05) is 10.4 Å². The fourth-order valence-electron chi connectivity index (χ4n) is 1.82. The molecule has 0 fully saturated rings. The monoisotopic (exact) mass is 261 g/mol. The van der Waals surface area contributed by atoms with Gasteiger partial charge in [-0.05, 0) is 18.9 Å². The Kier molecular flexibility index (Phi) is 3.77. The molecule has 4 heteroatoms. The summed E-state index contributed by atoms with van der Waals surface area (Å²) in [5.74, 6) is -0.836. The first-order valence-corrected chi connectivity index (χ1v) is 6.69. The van der Waals surface area contributed by atoms with Crippen LogP contribution in [-0.2, 0) is 17.6 Å². The van der Waals surface area contributed by atoms with Crippen LogP contribution in [0.15, 0.2) is 24.3 Å². The van der Waals surface area contributed by atoms with Crippen LogP contribution in [0, 0.1) is 6.92 Å². The van der Waals surface area contributed by atoms with Crippen LogP contribution in [0.3, 0.4) is 0 Å². The van der Waals surface area contributed by atoms with Crippen molar-refractivity contribution >= 4 is 17.3 Å². The summed E-state index contributed by atoms with van der Waals surface area (Å²) in [5, 5.41) is 9.43. The summed E-state index contributed by atoms with van der Waals surface area (Å²) < 4.78 is 0. The van der Waals surface area contributed by atoms with E-state index in [1.807, 2.05) is 19.1 Å². The van der Waals surface area contributed by atoms with Gasteiger partial charge in [0.2, 0.25) is 0 Å². The molecule has 1 heterocycles. The molecule has 0 saturated heterocycles. The third-order valence-electron chi connectivity index (χ3n) is 2.78. The number of benzene rings is 1. The summed E-state index contributed by atoms with van der Waals surface area (Å²) in [4.78, 5) is 16.2. The number of aromatic nitrogens is 1. The second-order valence-corrected chi connectivity index (χ2v) is 5.42. The first kappa shape index (κ1) is 12.8. The highest BCUT2D eigenvalue weighted by Crippen LogP contribution is 2.28. The molecule has 0 amide bonds. The molecular weight excluding hydrogens is 246 g/mol. The van der Waals surface area contributed by atoms with E-state index in [4.69, 9.17) is 5.11 Å². The lowest BCUT2D eigenvalue weighted by Gasteiger charge is -2.00. The van der Waals surface area contributed by atoms with E-state index in [1.54, 1.807) is 0 Å². The van der Waals surface area contributed by atoms with Gasteiger partial charge in [-0.3, -0.25) is 4.79 Å². The highest BCUT2D eigenvalue weighted by atomic mass is 32.1. The van der Waals surface area contributed by atoms with Gasteiger partial charge in [0.1, 0.15) is 5.01 Å². The number of carboxylic acid groups (broad SMARTS) is 1. The van der Waals surface area contributed by atoms with E-state index >= 15 is 0 Å². The Balaban J connectivity index is 2.31. The maximum absolute atomic E-state index is 10.7. The summed E-state index contributed by atoms with van der Waals surface area (Å²) in [5.41, 5.74) is 3.24. The van der Waals surface area contributed by atoms with Crippen molar-refractivity contribution in [1.29, 1.82) is 0 Å². The smallest absolute Gasteiger partial charge is 0.310 e. The number of carboxylic acids is 1. The van der Waals surface area contributed by atoms with Crippen molar-refractivity contribution in [3.8, 4) is 11.3 Å². The zero-order valence-electron chi connectivity index (χ0n) is 10.4. The minimum Gasteiger partial charge on any atom is -0.481 e. The van der Waals surface area contributed by atoms with E-state index < -0.39 is 5.97 Å². The molecule has 0 aliphatic rings. The second kappa shape index (κ2) is 5.31. The molecule has 0 saturated carbocycles. The molecule has 0 bridgehead atoms. The quantitative estimate of drug-likeness (QED) is 0.918. The predicted molar refractivity (Wildman–Crippen MR) is 73.0 cm³/mol. The third kappa shape index (κ3) is 2.76. The molecule has 3 nitrogen and oxygen atoms in total. The second-order valence-electron chi connectivity index (χ2n) is 4.13. The van der Waals surface area contributed by atoms with Crippen LogP contribution in [0.5, 0.6) is 0 Å². The number of aryl methyl sites for hydroxylation is 2. The Hall–Kier alpha value is -1.68. The van der Waals surface area contributed by atoms with E-state index in [-0.39, 0.29) is 6.42 Å². The van der Waals surface area contributed by atoms with E-state index in [0.717, 1.165) is 22.6 Å². The fraction of sp³-hybridized carbons (Fsp3) is 0.286. The molecule has 1 aromatic heterocycles. The van der Waals surface area contributed by atoms with Crippen molar-refractivity contribution in [3.63, 3.8) is 0 Å². The van der Waals surface area contributed by atoms with Crippen LogP contribution in [0.25, 0.3) is 11.3 Å². The van der Waals surface area contributed by atoms with Gasteiger partial charge in [-0.25, -0.2) is 4.98 Å². The molecule has 2 aromatic rings. The molecule has 0 aliphatic carbocycles. The van der Waals surface area contributed by atoms with Gasteiger partial charge in [0.25, 0.3) is 0 Å². The molecule has 1 aromatic carbocycles. The average Bonchev–Trinajstić information content (AvgIpc) is 2.69. The van der Waals surface area contributed by atoms with Gasteiger partial charge in [-0.15, -0.1) is 11.3 Å². The summed E-state index contributed by atoms with van der Waals surface area (Å²) in [7, 11) is 0. The first-order chi connectivity index (χ1) is 8.60. The summed E-state index contributed by atoms with van der Waals surface area (Å²) in [6, 6.07) is 8.27. The van der Waals surface area contributed by atoms with Crippen molar-refractivity contribution in [3.05, 3.63) is 39.7 Å². The molecule has 1 N–H and O–H groups in total. The minimum absolute atomic E-state index is 0.00144. The van der Waals surface area contributed by atoms with Crippen LogP contribution >= 0.6 is 11.3 Å². The van der Waals surface area contributed by atoms with E-state index in [1.165, 1.54) is 16.9 Å². The third-order valence-corrected chi connectivity index (χ3v) is 3.75. The standard InChI is InChI=1S/C14H15NO2S/c1-3-10-4-6-11(7-5-10)14-9(2)18-12(15-14)8-13(16)17/h4-7H,3,8H2,1-2H3,(H,16,17). The van der Waals surface area contributed by atoms with Crippen molar-refractivity contribution in [2.45, 2.75) is 26.7 Å². The lowest BCUT2D eigenvalue weighted by Crippen LogP contribution is -1.99. The minimum atomic E-state index is -0.836. The lowest BCUT2D eigenvalue weighted by atomic mass is 10.1. The Bertz CT molecular complexity index is 558. The highest BCUT2D eigenvalue weighted by molar-refractivity contribution is 7.12. The van der Waals surface area contributed by atoms with Crippen molar-refractivity contribution in [1.82, 2.24) is 4.98 Å². The molecule has 0 unspecified atom stereocenters. The van der Waals surface area contributed by atoms with Gasteiger partial charge >= 0.3 is 5.97 Å². The van der Waals surface area contributed by atoms with E-state index in [0.29, 0.717) is 5.01 Å². The SMILES string of the molecule is CCc1ccc(-c2nc(CC(=O)O)sc2C)cc1. The zero-order valence-corrected chi connectivity index (χ0v) is 11.3. The van der Waals surface area contributed by atoms with Gasteiger partial charge in [0.15, 0.2) is 0 Å². The van der Waals surface area contributed by atoms with Crippen LogP contribution in [0.4, 0.5) is 0 Å². The summed E-state index contributed by atoms with van der Waals surface area (Å²) in [6.07, 6.45) is 1.01. The number of rotatable bonds is 4.